The van der Waals surface area contributed by atoms with Gasteiger partial charge < -0.3 is 0 Å². The lowest BCUT2D eigenvalue weighted by atomic mass is 9.84. The summed E-state index contributed by atoms with van der Waals surface area (Å²) in [7, 11) is 0. The van der Waals surface area contributed by atoms with E-state index in [9.17, 15) is 5.26 Å². The van der Waals surface area contributed by atoms with Gasteiger partial charge in [0.15, 0.2) is 0 Å². The Bertz CT molecular complexity index is 782. The molecule has 23 heavy (non-hydrogen) atoms. The third-order valence-electron chi connectivity index (χ3n) is 3.36. The van der Waals surface area contributed by atoms with Crippen LogP contribution < -0.4 is 0 Å². The van der Waals surface area contributed by atoms with Gasteiger partial charge >= 0.3 is 0 Å². The van der Waals surface area contributed by atoms with Crippen molar-refractivity contribution in [3.63, 3.8) is 0 Å². The maximum Gasteiger partial charge on any atom is 0.201 e. The SMILES string of the molecule is CC.CC(C#N)(Cn1ncn(P(C)(C)=S)c1=S)c1ccccc1. The van der Waals surface area contributed by atoms with Gasteiger partial charge in [0.2, 0.25) is 4.77 Å². The van der Waals surface area contributed by atoms with Crippen molar-refractivity contribution >= 4 is 30.2 Å². The normalized spacial score (nSPS) is 13.4. The molecule has 4 nitrogen and oxygen atoms in total. The lowest BCUT2D eigenvalue weighted by molar-refractivity contribution is 0.456. The van der Waals surface area contributed by atoms with Gasteiger partial charge in [0.05, 0.1) is 18.0 Å². The summed E-state index contributed by atoms with van der Waals surface area (Å²) in [6, 6.07) is 12.1. The molecule has 0 aliphatic carbocycles. The summed E-state index contributed by atoms with van der Waals surface area (Å²) in [5.41, 5.74) is 0.277. The molecular formula is C16H23N4PS2. The van der Waals surface area contributed by atoms with E-state index in [0.717, 1.165) is 5.56 Å². The van der Waals surface area contributed by atoms with Crippen molar-refractivity contribution in [3.05, 3.63) is 47.0 Å². The highest BCUT2D eigenvalue weighted by Crippen LogP contribution is 2.38. The van der Waals surface area contributed by atoms with Gasteiger partial charge in [0, 0.05) is 6.19 Å². The van der Waals surface area contributed by atoms with E-state index in [1.54, 1.807) is 11.0 Å². The topological polar surface area (TPSA) is 46.5 Å². The molecule has 0 fully saturated rings. The fraction of sp³-hybridized carbons (Fsp3) is 0.438. The van der Waals surface area contributed by atoms with E-state index in [1.807, 2.05) is 68.8 Å². The van der Waals surface area contributed by atoms with Crippen LogP contribution in [0.25, 0.3) is 0 Å². The van der Waals surface area contributed by atoms with Gasteiger partial charge in [-0.05, 0) is 38.0 Å². The van der Waals surface area contributed by atoms with Crippen LogP contribution in [0, 0.1) is 16.1 Å². The molecule has 1 heterocycles. The molecule has 124 valence electrons. The number of nitriles is 1. The lowest BCUT2D eigenvalue weighted by Gasteiger charge is -2.22. The summed E-state index contributed by atoms with van der Waals surface area (Å²) in [4.78, 5) is 0. The largest absolute Gasteiger partial charge is 0.277 e. The minimum absolute atomic E-state index is 0.411. The van der Waals surface area contributed by atoms with Crippen LogP contribution in [0.2, 0.25) is 0 Å². The van der Waals surface area contributed by atoms with Gasteiger partial charge in [-0.2, -0.15) is 10.4 Å². The van der Waals surface area contributed by atoms with E-state index in [-0.39, 0.29) is 0 Å². The third-order valence-corrected chi connectivity index (χ3v) is 5.76. The molecule has 2 rings (SSSR count). The predicted octanol–water partition coefficient (Wildman–Crippen LogP) is 4.42. The average molecular weight is 366 g/mol. The van der Waals surface area contributed by atoms with Gasteiger partial charge in [-0.15, -0.1) is 0 Å². The van der Waals surface area contributed by atoms with Crippen LogP contribution in [-0.2, 0) is 23.8 Å². The van der Waals surface area contributed by atoms with Crippen LogP contribution in [0.1, 0.15) is 26.3 Å². The van der Waals surface area contributed by atoms with Crippen LogP contribution in [-0.4, -0.2) is 27.4 Å². The van der Waals surface area contributed by atoms with E-state index in [4.69, 9.17) is 24.0 Å². The lowest BCUT2D eigenvalue weighted by Crippen LogP contribution is -2.27. The number of hydrogen-bond donors (Lipinski definition) is 0. The van der Waals surface area contributed by atoms with E-state index in [0.29, 0.717) is 11.3 Å². The van der Waals surface area contributed by atoms with Crippen molar-refractivity contribution in [2.75, 3.05) is 13.3 Å². The van der Waals surface area contributed by atoms with Crippen molar-refractivity contribution in [1.29, 1.82) is 5.26 Å². The van der Waals surface area contributed by atoms with Gasteiger partial charge in [0.1, 0.15) is 6.33 Å². The van der Waals surface area contributed by atoms with E-state index >= 15 is 0 Å². The summed E-state index contributed by atoms with van der Waals surface area (Å²) in [6.45, 7) is 10.3. The molecule has 2 aromatic rings. The second-order valence-electron chi connectivity index (χ2n) is 5.52. The second-order valence-corrected chi connectivity index (χ2v) is 11.6. The zero-order valence-corrected chi connectivity index (χ0v) is 16.8. The highest BCUT2D eigenvalue weighted by Gasteiger charge is 2.28. The first-order valence-electron chi connectivity index (χ1n) is 7.45. The average Bonchev–Trinajstić information content (AvgIpc) is 2.91. The summed E-state index contributed by atoms with van der Waals surface area (Å²) < 4.78 is 4.15. The molecule has 1 unspecified atom stereocenters. The minimum Gasteiger partial charge on any atom is -0.277 e. The van der Waals surface area contributed by atoms with Crippen LogP contribution in [0.5, 0.6) is 0 Å². The third kappa shape index (κ3) is 4.60. The Morgan fingerprint density at radius 2 is 1.83 bits per heavy atom. The Balaban J connectivity index is 0.00000127. The first-order valence-corrected chi connectivity index (χ1v) is 11.5. The van der Waals surface area contributed by atoms with Crippen molar-refractivity contribution in [2.24, 2.45) is 0 Å². The van der Waals surface area contributed by atoms with Crippen LogP contribution >= 0.6 is 18.4 Å². The zero-order valence-electron chi connectivity index (χ0n) is 14.2. The summed E-state index contributed by atoms with van der Waals surface area (Å²) in [5.74, 6) is 0. The number of rotatable bonds is 4. The van der Waals surface area contributed by atoms with Gasteiger partial charge in [-0.1, -0.05) is 56.0 Å². The van der Waals surface area contributed by atoms with E-state index < -0.39 is 11.6 Å². The van der Waals surface area contributed by atoms with Crippen molar-refractivity contribution < 1.29 is 0 Å². The number of aromatic nitrogens is 3. The predicted molar refractivity (Wildman–Crippen MR) is 103 cm³/mol. The van der Waals surface area contributed by atoms with Crippen molar-refractivity contribution in [1.82, 2.24) is 14.1 Å². The molecule has 1 aromatic carbocycles. The van der Waals surface area contributed by atoms with Crippen LogP contribution in [0.15, 0.2) is 36.7 Å². The molecule has 0 amide bonds. The molecule has 0 aliphatic heterocycles. The Labute approximate surface area is 148 Å². The van der Waals surface area contributed by atoms with Gasteiger partial charge in [-0.25, -0.2) is 4.68 Å². The first kappa shape index (κ1) is 19.8. The molecule has 0 saturated carbocycles. The molecule has 0 aliphatic rings. The molecule has 7 heteroatoms. The molecule has 0 radical (unpaired) electrons. The fourth-order valence-electron chi connectivity index (χ4n) is 2.06. The fourth-order valence-corrected chi connectivity index (χ4v) is 4.16. The van der Waals surface area contributed by atoms with Crippen LogP contribution in [0.3, 0.4) is 0 Å². The maximum absolute atomic E-state index is 9.61. The number of hydrogen-bond acceptors (Lipinski definition) is 4. The molecule has 1 atom stereocenters. The maximum atomic E-state index is 9.61. The number of nitrogens with zero attached hydrogens (tertiary/aromatic N) is 4. The molecule has 1 aromatic heterocycles. The zero-order chi connectivity index (χ0) is 17.7. The molecule has 0 spiro atoms. The van der Waals surface area contributed by atoms with E-state index in [2.05, 4.69) is 11.2 Å². The summed E-state index contributed by atoms with van der Waals surface area (Å²) in [5, 5.41) is 13.9. The highest BCUT2D eigenvalue weighted by molar-refractivity contribution is 8.13. The van der Waals surface area contributed by atoms with Gasteiger partial charge in [0.25, 0.3) is 0 Å². The molecule has 0 saturated heterocycles. The first-order chi connectivity index (χ1) is 10.8. The highest BCUT2D eigenvalue weighted by atomic mass is 32.4. The number of benzene rings is 1. The van der Waals surface area contributed by atoms with Crippen LogP contribution in [0.4, 0.5) is 0 Å². The quantitative estimate of drug-likeness (QED) is 0.593. The minimum atomic E-state index is -1.70. The molecular weight excluding hydrogens is 343 g/mol. The molecule has 0 N–H and O–H groups in total. The standard InChI is InChI=1S/C14H17N4PS2.C2H6/c1-14(9-15,12-7-5-4-6-8-12)10-17-13(20)18(11-16-17)19(2,3)21;1-2/h4-8,11H,10H2,1-3H3;1-2H3. The Hall–Kier alpha value is -1.28. The monoisotopic (exact) mass is 366 g/mol. The van der Waals surface area contributed by atoms with Gasteiger partial charge in [-0.3, -0.25) is 4.34 Å². The summed E-state index contributed by atoms with van der Waals surface area (Å²) >= 11 is 11.0. The second kappa shape index (κ2) is 8.01. The van der Waals surface area contributed by atoms with Crippen molar-refractivity contribution in [2.45, 2.75) is 32.7 Å². The smallest absolute Gasteiger partial charge is 0.201 e. The Kier molecular flexibility index (Phi) is 6.88. The Morgan fingerprint density at radius 3 is 2.26 bits per heavy atom. The Morgan fingerprint density at radius 1 is 1.26 bits per heavy atom. The van der Waals surface area contributed by atoms with E-state index in [1.165, 1.54) is 0 Å². The molecule has 0 bridgehead atoms. The summed E-state index contributed by atoms with van der Waals surface area (Å²) in [6.07, 6.45) is -0.0147. The van der Waals surface area contributed by atoms with Crippen molar-refractivity contribution in [3.8, 4) is 6.07 Å².